The van der Waals surface area contributed by atoms with E-state index in [0.29, 0.717) is 0 Å². The molecule has 2 rings (SSSR count). The summed E-state index contributed by atoms with van der Waals surface area (Å²) >= 11 is 2.16. The van der Waals surface area contributed by atoms with Gasteiger partial charge in [-0.15, -0.1) is 0 Å². The van der Waals surface area contributed by atoms with E-state index in [1.165, 1.54) is 30.3 Å². The molecule has 7 heteroatoms. The first kappa shape index (κ1) is 16.6. The minimum Gasteiger partial charge on any atom is -0.321 e. The van der Waals surface area contributed by atoms with Gasteiger partial charge in [0.15, 0.2) is 0 Å². The first-order valence-corrected chi connectivity index (χ1v) is 7.50. The number of rotatable bonds is 4. The minimum absolute atomic E-state index is 0.0854. The van der Waals surface area contributed by atoms with Crippen molar-refractivity contribution in [3.8, 4) is 6.07 Å². The Hall–Kier alpha value is -2.73. The van der Waals surface area contributed by atoms with Crippen LogP contribution >= 0.6 is 22.6 Å². The van der Waals surface area contributed by atoms with Crippen molar-refractivity contribution < 1.29 is 9.72 Å². The molecule has 23 heavy (non-hydrogen) atoms. The summed E-state index contributed by atoms with van der Waals surface area (Å²) in [6.45, 7) is 0. The maximum absolute atomic E-state index is 12.1. The second-order valence-corrected chi connectivity index (χ2v) is 5.73. The van der Waals surface area contributed by atoms with E-state index >= 15 is 0 Å². The zero-order chi connectivity index (χ0) is 16.8. The molecule has 0 aliphatic rings. The molecular formula is C16H10IN3O3. The highest BCUT2D eigenvalue weighted by atomic mass is 127. The molecule has 114 valence electrons. The zero-order valence-corrected chi connectivity index (χ0v) is 13.9. The number of halogens is 1. The highest BCUT2D eigenvalue weighted by Gasteiger charge is 2.12. The van der Waals surface area contributed by atoms with Gasteiger partial charge >= 0.3 is 0 Å². The Bertz CT molecular complexity index is 823. The predicted octanol–water partition coefficient (Wildman–Crippen LogP) is 3.75. The summed E-state index contributed by atoms with van der Waals surface area (Å²) in [7, 11) is 0. The number of hydrogen-bond acceptors (Lipinski definition) is 4. The van der Waals surface area contributed by atoms with Crippen LogP contribution in [0.15, 0.2) is 54.1 Å². The van der Waals surface area contributed by atoms with Crippen LogP contribution in [0.25, 0.3) is 6.08 Å². The normalized spacial score (nSPS) is 10.7. The average molecular weight is 419 g/mol. The van der Waals surface area contributed by atoms with Crippen molar-refractivity contribution in [3.05, 3.63) is 73.4 Å². The molecule has 2 aromatic rings. The van der Waals surface area contributed by atoms with Crippen LogP contribution in [0.3, 0.4) is 0 Å². The fourth-order valence-electron chi connectivity index (χ4n) is 1.77. The summed E-state index contributed by atoms with van der Waals surface area (Å²) in [6.07, 6.45) is 1.46. The van der Waals surface area contributed by atoms with Gasteiger partial charge in [-0.3, -0.25) is 14.9 Å². The predicted molar refractivity (Wildman–Crippen MR) is 94.5 cm³/mol. The fourth-order valence-corrected chi connectivity index (χ4v) is 2.13. The van der Waals surface area contributed by atoms with E-state index in [9.17, 15) is 14.9 Å². The molecular weight excluding hydrogens is 409 g/mol. The number of nitrogens with zero attached hydrogens (tertiary/aromatic N) is 2. The highest BCUT2D eigenvalue weighted by molar-refractivity contribution is 14.1. The Labute approximate surface area is 145 Å². The molecule has 0 aromatic heterocycles. The molecule has 1 N–H and O–H groups in total. The molecule has 0 unspecified atom stereocenters. The van der Waals surface area contributed by atoms with Crippen LogP contribution in [0.1, 0.15) is 5.56 Å². The van der Waals surface area contributed by atoms with Crippen molar-refractivity contribution in [1.29, 1.82) is 5.26 Å². The van der Waals surface area contributed by atoms with Gasteiger partial charge in [-0.2, -0.15) is 5.26 Å². The summed E-state index contributed by atoms with van der Waals surface area (Å²) in [6, 6.07) is 14.7. The molecule has 1 amide bonds. The van der Waals surface area contributed by atoms with Crippen molar-refractivity contribution in [1.82, 2.24) is 0 Å². The van der Waals surface area contributed by atoms with E-state index in [1.807, 2.05) is 18.2 Å². The smallest absolute Gasteiger partial charge is 0.271 e. The van der Waals surface area contributed by atoms with E-state index in [4.69, 9.17) is 5.26 Å². The van der Waals surface area contributed by atoms with E-state index in [-0.39, 0.29) is 16.9 Å². The first-order valence-electron chi connectivity index (χ1n) is 6.43. The summed E-state index contributed by atoms with van der Waals surface area (Å²) in [5.74, 6) is -0.619. The van der Waals surface area contributed by atoms with Crippen molar-refractivity contribution in [2.24, 2.45) is 0 Å². The second kappa shape index (κ2) is 7.51. The van der Waals surface area contributed by atoms with Crippen LogP contribution in [0, 0.1) is 25.0 Å². The number of carbonyl (C=O) groups is 1. The van der Waals surface area contributed by atoms with E-state index in [2.05, 4.69) is 27.9 Å². The third-order valence-electron chi connectivity index (χ3n) is 2.86. The van der Waals surface area contributed by atoms with Crippen LogP contribution in [0.5, 0.6) is 0 Å². The molecule has 0 saturated carbocycles. The van der Waals surface area contributed by atoms with Gasteiger partial charge in [0.25, 0.3) is 11.6 Å². The third-order valence-corrected chi connectivity index (χ3v) is 3.58. The monoisotopic (exact) mass is 419 g/mol. The molecule has 0 bridgehead atoms. The van der Waals surface area contributed by atoms with E-state index in [0.717, 1.165) is 9.13 Å². The van der Waals surface area contributed by atoms with Crippen LogP contribution in [-0.4, -0.2) is 10.8 Å². The van der Waals surface area contributed by atoms with Crippen molar-refractivity contribution >= 4 is 45.9 Å². The van der Waals surface area contributed by atoms with Gasteiger partial charge in [-0.1, -0.05) is 18.2 Å². The Morgan fingerprint density at radius 3 is 2.57 bits per heavy atom. The molecule has 0 aliphatic carbocycles. The van der Waals surface area contributed by atoms with Gasteiger partial charge in [-0.25, -0.2) is 0 Å². The molecule has 0 fully saturated rings. The Morgan fingerprint density at radius 1 is 1.26 bits per heavy atom. The van der Waals surface area contributed by atoms with Gasteiger partial charge in [0.2, 0.25) is 0 Å². The number of hydrogen-bond donors (Lipinski definition) is 1. The summed E-state index contributed by atoms with van der Waals surface area (Å²) in [4.78, 5) is 22.3. The number of amides is 1. The lowest BCUT2D eigenvalue weighted by molar-refractivity contribution is -0.384. The lowest BCUT2D eigenvalue weighted by Gasteiger charge is -2.04. The van der Waals surface area contributed by atoms with Gasteiger partial charge in [0.1, 0.15) is 11.6 Å². The second-order valence-electron chi connectivity index (χ2n) is 4.48. The number of carbonyl (C=O) groups excluding carboxylic acids is 1. The third kappa shape index (κ3) is 4.62. The first-order chi connectivity index (χ1) is 11.0. The summed E-state index contributed by atoms with van der Waals surface area (Å²) in [5.41, 5.74) is 0.754. The van der Waals surface area contributed by atoms with Crippen molar-refractivity contribution in [3.63, 3.8) is 0 Å². The molecule has 6 nitrogen and oxygen atoms in total. The lowest BCUT2D eigenvalue weighted by atomic mass is 10.1. The molecule has 2 aromatic carbocycles. The lowest BCUT2D eigenvalue weighted by Crippen LogP contribution is -2.13. The highest BCUT2D eigenvalue weighted by Crippen LogP contribution is 2.18. The fraction of sp³-hybridized carbons (Fsp3) is 0. The van der Waals surface area contributed by atoms with E-state index < -0.39 is 10.8 Å². The number of non-ortho nitro benzene ring substituents is 1. The molecule has 0 radical (unpaired) electrons. The minimum atomic E-state index is -0.619. The molecule has 0 atom stereocenters. The maximum atomic E-state index is 12.1. The quantitative estimate of drug-likeness (QED) is 0.269. The maximum Gasteiger partial charge on any atom is 0.271 e. The molecule has 0 heterocycles. The number of nitro groups is 1. The SMILES string of the molecule is N#C/C(=C\c1ccc(I)cc1)C(=O)Nc1cccc([N+](=O)[O-])c1. The summed E-state index contributed by atoms with van der Waals surface area (Å²) in [5, 5.41) is 22.4. The summed E-state index contributed by atoms with van der Waals surface area (Å²) < 4.78 is 1.04. The Balaban J connectivity index is 2.21. The number of nitrogens with one attached hydrogen (secondary N) is 1. The average Bonchev–Trinajstić information content (AvgIpc) is 2.54. The van der Waals surface area contributed by atoms with Crippen molar-refractivity contribution in [2.75, 3.05) is 5.32 Å². The molecule has 0 aliphatic heterocycles. The number of anilines is 1. The van der Waals surface area contributed by atoms with Crippen LogP contribution in [0.4, 0.5) is 11.4 Å². The molecule has 0 spiro atoms. The number of nitro benzene ring substituents is 1. The number of nitriles is 1. The van der Waals surface area contributed by atoms with Gasteiger partial charge in [0.05, 0.1) is 4.92 Å². The standard InChI is InChI=1S/C16H10IN3O3/c17-13-6-4-11(5-7-13)8-12(10-18)16(21)19-14-2-1-3-15(9-14)20(22)23/h1-9H,(H,19,21)/b12-8+. The van der Waals surface area contributed by atoms with Crippen LogP contribution in [0.2, 0.25) is 0 Å². The van der Waals surface area contributed by atoms with Crippen LogP contribution in [-0.2, 0) is 4.79 Å². The Morgan fingerprint density at radius 2 is 1.96 bits per heavy atom. The van der Waals surface area contributed by atoms with E-state index in [1.54, 1.807) is 12.1 Å². The largest absolute Gasteiger partial charge is 0.321 e. The molecule has 0 saturated heterocycles. The number of benzene rings is 2. The van der Waals surface area contributed by atoms with Gasteiger partial charge in [-0.05, 0) is 52.4 Å². The van der Waals surface area contributed by atoms with Crippen LogP contribution < -0.4 is 5.32 Å². The van der Waals surface area contributed by atoms with Gasteiger partial charge in [0, 0.05) is 21.4 Å². The van der Waals surface area contributed by atoms with Crippen molar-refractivity contribution in [2.45, 2.75) is 0 Å². The topological polar surface area (TPSA) is 96.0 Å². The zero-order valence-electron chi connectivity index (χ0n) is 11.7. The Kier molecular flexibility index (Phi) is 5.43. The van der Waals surface area contributed by atoms with Gasteiger partial charge < -0.3 is 5.32 Å².